The molecule has 2 N–H and O–H groups in total. The van der Waals surface area contributed by atoms with Crippen LogP contribution in [0.5, 0.6) is 0 Å². The summed E-state index contributed by atoms with van der Waals surface area (Å²) >= 11 is 1.58. The van der Waals surface area contributed by atoms with E-state index in [9.17, 15) is 23.1 Å². The van der Waals surface area contributed by atoms with Crippen LogP contribution in [0.25, 0.3) is 21.5 Å². The number of aromatic carboxylic acids is 1. The Morgan fingerprint density at radius 1 is 1.12 bits per heavy atom. The number of nitrogens with one attached hydrogen (secondary N) is 1. The number of hydrogen-bond acceptors (Lipinski definition) is 7. The molecule has 3 saturated carbocycles. The molecule has 2 saturated heterocycles. The average molecular weight is 609 g/mol. The predicted octanol–water partition coefficient (Wildman–Crippen LogP) is 7.57. The summed E-state index contributed by atoms with van der Waals surface area (Å²) in [6.07, 6.45) is 1.36. The van der Waals surface area contributed by atoms with Crippen LogP contribution in [0.2, 0.25) is 0 Å². The highest BCUT2D eigenvalue weighted by molar-refractivity contribution is 7.22. The van der Waals surface area contributed by atoms with E-state index in [4.69, 9.17) is 9.51 Å². The van der Waals surface area contributed by atoms with Gasteiger partial charge < -0.3 is 19.8 Å². The normalized spacial score (nSPS) is 25.3. The number of carboxylic acid groups (broad SMARTS) is 1. The summed E-state index contributed by atoms with van der Waals surface area (Å²) in [6, 6.07) is 9.90. The van der Waals surface area contributed by atoms with E-state index in [1.165, 1.54) is 12.1 Å². The molecule has 2 bridgehead atoms. The first-order valence-electron chi connectivity index (χ1n) is 15.0. The fourth-order valence-corrected chi connectivity index (χ4v) is 8.39. The van der Waals surface area contributed by atoms with Crippen LogP contribution in [-0.4, -0.2) is 39.3 Å². The first-order valence-corrected chi connectivity index (χ1v) is 15.8. The van der Waals surface area contributed by atoms with Gasteiger partial charge >= 0.3 is 12.1 Å². The molecular formula is C32H31F3N4O3S. The van der Waals surface area contributed by atoms with Gasteiger partial charge in [-0.1, -0.05) is 41.6 Å². The second kappa shape index (κ2) is 9.79. The fourth-order valence-electron chi connectivity index (χ4n) is 7.23. The number of nitrogens with zero attached hydrogens (tertiary/aromatic N) is 3. The van der Waals surface area contributed by atoms with Crippen molar-refractivity contribution in [2.75, 3.05) is 4.90 Å². The van der Waals surface area contributed by atoms with Gasteiger partial charge in [0, 0.05) is 41.7 Å². The third-order valence-electron chi connectivity index (χ3n) is 9.80. The zero-order chi connectivity index (χ0) is 29.6. The molecule has 2 aromatic heterocycles. The van der Waals surface area contributed by atoms with Gasteiger partial charge in [0.2, 0.25) is 0 Å². The summed E-state index contributed by atoms with van der Waals surface area (Å²) in [7, 11) is 0. The Labute approximate surface area is 250 Å². The molecule has 2 atom stereocenters. The van der Waals surface area contributed by atoms with Crippen molar-refractivity contribution in [1.82, 2.24) is 15.5 Å². The number of benzene rings is 2. The highest BCUT2D eigenvalue weighted by atomic mass is 32.1. The third kappa shape index (κ3) is 4.63. The van der Waals surface area contributed by atoms with Crippen LogP contribution in [0.15, 0.2) is 40.9 Å². The topological polar surface area (TPSA) is 91.5 Å². The second-order valence-corrected chi connectivity index (χ2v) is 13.6. The summed E-state index contributed by atoms with van der Waals surface area (Å²) in [6.45, 7) is 2.67. The molecule has 0 spiro atoms. The smallest absolute Gasteiger partial charge is 0.417 e. The van der Waals surface area contributed by atoms with Crippen molar-refractivity contribution in [2.24, 2.45) is 5.92 Å². The summed E-state index contributed by atoms with van der Waals surface area (Å²) in [4.78, 5) is 19.2. The highest BCUT2D eigenvalue weighted by Gasteiger charge is 2.52. The molecule has 4 aromatic rings. The van der Waals surface area contributed by atoms with Crippen molar-refractivity contribution < 1.29 is 27.6 Å². The lowest BCUT2D eigenvalue weighted by atomic mass is 9.69. The SMILES string of the molecule is CC1C2CC(NCc3c(-c4ccccc4C(F)(F)F)noc3C3CC3)CC1N2c1nc2c(C3CC3)cc(C(=O)O)cc2s1. The summed E-state index contributed by atoms with van der Waals surface area (Å²) in [5.41, 5.74) is 2.68. The number of carbonyl (C=O) groups is 1. The van der Waals surface area contributed by atoms with E-state index < -0.39 is 17.7 Å². The van der Waals surface area contributed by atoms with Gasteiger partial charge in [-0.15, -0.1) is 0 Å². The molecule has 9 rings (SSSR count). The van der Waals surface area contributed by atoms with Crippen LogP contribution >= 0.6 is 11.3 Å². The first-order chi connectivity index (χ1) is 20.7. The number of alkyl halides is 3. The van der Waals surface area contributed by atoms with Gasteiger partial charge in [0.25, 0.3) is 0 Å². The lowest BCUT2D eigenvalue weighted by molar-refractivity contribution is -0.137. The Hall–Kier alpha value is -3.44. The molecule has 5 aliphatic rings. The maximum absolute atomic E-state index is 13.9. The number of hydrogen-bond donors (Lipinski definition) is 2. The zero-order valence-corrected chi connectivity index (χ0v) is 24.3. The standard InChI is InChI=1S/C32H31F3N4O3S/c1-15-24-12-19(13-25(15)39(24)31-37-28-21(16-6-7-16)10-18(30(40)41)11-26(28)43-31)36-14-22-27(38-42-29(22)17-8-9-17)20-4-2-3-5-23(20)32(33,34)35/h2-5,10-11,15-17,19,24-25,36H,6-9,12-14H2,1H3,(H,40,41). The predicted molar refractivity (Wildman–Crippen MR) is 157 cm³/mol. The van der Waals surface area contributed by atoms with E-state index in [1.54, 1.807) is 29.5 Å². The van der Waals surface area contributed by atoms with Gasteiger partial charge in [-0.05, 0) is 74.1 Å². The van der Waals surface area contributed by atoms with Crippen molar-refractivity contribution in [3.63, 3.8) is 0 Å². The van der Waals surface area contributed by atoms with Crippen molar-refractivity contribution in [3.8, 4) is 11.3 Å². The number of fused-ring (bicyclic) bond motifs is 3. The molecule has 224 valence electrons. The number of thiazole rings is 1. The monoisotopic (exact) mass is 608 g/mol. The number of piperidine rings is 1. The number of anilines is 1. The Bertz CT molecular complexity index is 1730. The van der Waals surface area contributed by atoms with Crippen LogP contribution in [0.1, 0.15) is 90.1 Å². The van der Waals surface area contributed by atoms with Crippen LogP contribution in [0.3, 0.4) is 0 Å². The van der Waals surface area contributed by atoms with Crippen LogP contribution in [-0.2, 0) is 12.7 Å². The van der Waals surface area contributed by atoms with E-state index in [1.807, 2.05) is 0 Å². The molecule has 2 aliphatic heterocycles. The molecule has 43 heavy (non-hydrogen) atoms. The highest BCUT2D eigenvalue weighted by Crippen LogP contribution is 2.51. The van der Waals surface area contributed by atoms with Gasteiger partial charge in [0.05, 0.1) is 21.3 Å². The molecule has 0 radical (unpaired) electrons. The van der Waals surface area contributed by atoms with Crippen LogP contribution in [0, 0.1) is 5.92 Å². The van der Waals surface area contributed by atoms with Gasteiger partial charge in [0.1, 0.15) is 11.5 Å². The maximum Gasteiger partial charge on any atom is 0.417 e. The van der Waals surface area contributed by atoms with Crippen molar-refractivity contribution >= 4 is 32.7 Å². The van der Waals surface area contributed by atoms with Crippen molar-refractivity contribution in [3.05, 3.63) is 64.4 Å². The van der Waals surface area contributed by atoms with E-state index in [-0.39, 0.29) is 35.3 Å². The molecule has 7 nitrogen and oxygen atoms in total. The summed E-state index contributed by atoms with van der Waals surface area (Å²) in [5.74, 6) is 0.898. The quantitative estimate of drug-likeness (QED) is 0.213. The van der Waals surface area contributed by atoms with Gasteiger partial charge in [-0.2, -0.15) is 13.2 Å². The number of aromatic nitrogens is 2. The lowest BCUT2D eigenvalue weighted by Crippen LogP contribution is -2.70. The molecule has 2 aromatic carbocycles. The summed E-state index contributed by atoms with van der Waals surface area (Å²) < 4.78 is 48.2. The zero-order valence-electron chi connectivity index (χ0n) is 23.5. The largest absolute Gasteiger partial charge is 0.478 e. The minimum absolute atomic E-state index is 0.0567. The maximum atomic E-state index is 13.9. The number of carboxylic acids is 1. The Morgan fingerprint density at radius 3 is 2.51 bits per heavy atom. The average Bonchev–Trinajstić information content (AvgIpc) is 3.93. The molecule has 2 unspecified atom stereocenters. The fraction of sp³-hybridized carbons (Fsp3) is 0.469. The number of halogens is 3. The Morgan fingerprint density at radius 2 is 1.84 bits per heavy atom. The Kier molecular flexibility index (Phi) is 6.17. The minimum Gasteiger partial charge on any atom is -0.478 e. The molecule has 4 heterocycles. The van der Waals surface area contributed by atoms with E-state index in [2.05, 4.69) is 22.3 Å². The van der Waals surface area contributed by atoms with Crippen molar-refractivity contribution in [2.45, 2.75) is 88.1 Å². The first kappa shape index (κ1) is 27.1. The molecule has 11 heteroatoms. The van der Waals surface area contributed by atoms with E-state index >= 15 is 0 Å². The van der Waals surface area contributed by atoms with Crippen LogP contribution < -0.4 is 10.2 Å². The lowest BCUT2D eigenvalue weighted by Gasteiger charge is -2.60. The van der Waals surface area contributed by atoms with Crippen LogP contribution in [0.4, 0.5) is 18.3 Å². The van der Waals surface area contributed by atoms with Gasteiger partial charge in [0.15, 0.2) is 5.13 Å². The molecular weight excluding hydrogens is 577 g/mol. The number of rotatable bonds is 8. The van der Waals surface area contributed by atoms with Crippen molar-refractivity contribution in [1.29, 1.82) is 0 Å². The minimum atomic E-state index is -4.49. The van der Waals surface area contributed by atoms with E-state index in [0.717, 1.165) is 71.1 Å². The van der Waals surface area contributed by atoms with Gasteiger partial charge in [-0.3, -0.25) is 0 Å². The van der Waals surface area contributed by atoms with Gasteiger partial charge in [-0.25, -0.2) is 9.78 Å². The molecule has 0 amide bonds. The second-order valence-electron chi connectivity index (χ2n) is 12.6. The third-order valence-corrected chi connectivity index (χ3v) is 10.8. The Balaban J connectivity index is 1.03. The summed E-state index contributed by atoms with van der Waals surface area (Å²) in [5, 5.41) is 18.4. The molecule has 5 fully saturated rings. The molecule has 3 aliphatic carbocycles. The van der Waals surface area contributed by atoms with E-state index in [0.29, 0.717) is 29.7 Å².